The summed E-state index contributed by atoms with van der Waals surface area (Å²) in [5.74, 6) is -0.167. The maximum Gasteiger partial charge on any atom is 0.254 e. The van der Waals surface area contributed by atoms with Crippen molar-refractivity contribution in [3.05, 3.63) is 59.8 Å². The quantitative estimate of drug-likeness (QED) is 0.897. The second kappa shape index (κ2) is 8.82. The van der Waals surface area contributed by atoms with Crippen molar-refractivity contribution in [1.82, 2.24) is 10.2 Å². The van der Waals surface area contributed by atoms with E-state index < -0.39 is 11.7 Å². The minimum Gasteiger partial charge on any atom is -0.468 e. The van der Waals surface area contributed by atoms with Gasteiger partial charge in [0.2, 0.25) is 0 Å². The van der Waals surface area contributed by atoms with Gasteiger partial charge in [-0.2, -0.15) is 0 Å². The number of hydrogen-bond donors (Lipinski definition) is 1. The Bertz CT molecular complexity index is 645. The molecule has 0 saturated carbocycles. The fraction of sp³-hybridized carbons (Fsp3) is 0.353. The fourth-order valence-electron chi connectivity index (χ4n) is 2.71. The first-order chi connectivity index (χ1) is 11.3. The van der Waals surface area contributed by atoms with Crippen LogP contribution in [-0.2, 0) is 4.74 Å². The Kier molecular flexibility index (Phi) is 6.78. The molecule has 1 N–H and O–H groups in total. The number of morpholine rings is 1. The Balaban J connectivity index is 0.00000208. The number of benzene rings is 1. The van der Waals surface area contributed by atoms with Gasteiger partial charge in [-0.05, 0) is 24.3 Å². The third-order valence-electron chi connectivity index (χ3n) is 3.93. The van der Waals surface area contributed by atoms with E-state index in [1.807, 2.05) is 12.1 Å². The van der Waals surface area contributed by atoms with Crippen molar-refractivity contribution in [2.45, 2.75) is 6.04 Å². The van der Waals surface area contributed by atoms with E-state index in [4.69, 9.17) is 9.15 Å². The lowest BCUT2D eigenvalue weighted by atomic mass is 10.1. The van der Waals surface area contributed by atoms with Crippen LogP contribution in [0.25, 0.3) is 0 Å². The molecule has 0 bridgehead atoms. The van der Waals surface area contributed by atoms with Gasteiger partial charge in [0.25, 0.3) is 5.91 Å². The molecule has 24 heavy (non-hydrogen) atoms. The predicted molar refractivity (Wildman–Crippen MR) is 89.8 cm³/mol. The summed E-state index contributed by atoms with van der Waals surface area (Å²) in [6, 6.07) is 9.57. The maximum atomic E-state index is 13.7. The lowest BCUT2D eigenvalue weighted by Crippen LogP contribution is -2.43. The summed E-state index contributed by atoms with van der Waals surface area (Å²) >= 11 is 0. The van der Waals surface area contributed by atoms with Crippen LogP contribution in [0.15, 0.2) is 47.1 Å². The summed E-state index contributed by atoms with van der Waals surface area (Å²) < 4.78 is 24.6. The molecule has 1 aromatic heterocycles. The predicted octanol–water partition coefficient (Wildman–Crippen LogP) is 2.64. The second-order valence-electron chi connectivity index (χ2n) is 5.37. The molecule has 7 heteroatoms. The van der Waals surface area contributed by atoms with Gasteiger partial charge in [0.05, 0.1) is 31.1 Å². The number of nitrogens with one attached hydrogen (secondary N) is 1. The first-order valence-electron chi connectivity index (χ1n) is 7.63. The van der Waals surface area contributed by atoms with Gasteiger partial charge in [0, 0.05) is 19.6 Å². The van der Waals surface area contributed by atoms with Crippen LogP contribution in [-0.4, -0.2) is 43.7 Å². The van der Waals surface area contributed by atoms with Crippen molar-refractivity contribution in [1.29, 1.82) is 0 Å². The van der Waals surface area contributed by atoms with Crippen LogP contribution in [0.4, 0.5) is 4.39 Å². The topological polar surface area (TPSA) is 54.7 Å². The lowest BCUT2D eigenvalue weighted by molar-refractivity contribution is 0.0118. The number of nitrogens with zero attached hydrogens (tertiary/aromatic N) is 1. The highest BCUT2D eigenvalue weighted by Crippen LogP contribution is 2.22. The molecule has 1 saturated heterocycles. The van der Waals surface area contributed by atoms with Crippen molar-refractivity contribution >= 4 is 18.3 Å². The lowest BCUT2D eigenvalue weighted by Gasteiger charge is -2.33. The van der Waals surface area contributed by atoms with Crippen LogP contribution in [0, 0.1) is 5.82 Å². The number of halogens is 2. The van der Waals surface area contributed by atoms with Gasteiger partial charge in [-0.1, -0.05) is 12.1 Å². The van der Waals surface area contributed by atoms with E-state index in [-0.39, 0.29) is 24.0 Å². The summed E-state index contributed by atoms with van der Waals surface area (Å²) in [5.41, 5.74) is 0.0488. The van der Waals surface area contributed by atoms with Gasteiger partial charge in [0.1, 0.15) is 11.6 Å². The van der Waals surface area contributed by atoms with Gasteiger partial charge in [0.15, 0.2) is 0 Å². The molecule has 2 aromatic rings. The number of hydrogen-bond acceptors (Lipinski definition) is 4. The summed E-state index contributed by atoms with van der Waals surface area (Å²) in [7, 11) is 0. The molecule has 1 amide bonds. The molecule has 0 radical (unpaired) electrons. The molecule has 1 aromatic carbocycles. The first kappa shape index (κ1) is 18.4. The van der Waals surface area contributed by atoms with Crippen LogP contribution < -0.4 is 5.32 Å². The molecule has 130 valence electrons. The van der Waals surface area contributed by atoms with Crippen molar-refractivity contribution < 1.29 is 18.3 Å². The molecule has 0 spiro atoms. The Hall–Kier alpha value is -1.89. The number of amides is 1. The molecule has 1 atom stereocenters. The van der Waals surface area contributed by atoms with Crippen LogP contribution in [0.5, 0.6) is 0 Å². The highest BCUT2D eigenvalue weighted by molar-refractivity contribution is 5.94. The summed E-state index contributed by atoms with van der Waals surface area (Å²) in [6.07, 6.45) is 1.61. The van der Waals surface area contributed by atoms with E-state index >= 15 is 0 Å². The standard InChI is InChI=1S/C17H19FN2O3.ClH/c18-14-5-2-1-4-13(14)17(21)19-12-15(16-6-3-9-23-16)20-7-10-22-11-8-20;/h1-6,9,15H,7-8,10-12H2,(H,19,21);1H. The molecule has 0 aliphatic carbocycles. The van der Waals surface area contributed by atoms with Crippen molar-refractivity contribution in [3.63, 3.8) is 0 Å². The number of furan rings is 1. The van der Waals surface area contributed by atoms with E-state index in [1.54, 1.807) is 18.4 Å². The summed E-state index contributed by atoms with van der Waals surface area (Å²) in [6.45, 7) is 3.18. The average Bonchev–Trinajstić information content (AvgIpc) is 3.10. The van der Waals surface area contributed by atoms with Crippen LogP contribution in [0.3, 0.4) is 0 Å². The Morgan fingerprint density at radius 1 is 1.21 bits per heavy atom. The molecule has 3 rings (SSSR count). The van der Waals surface area contributed by atoms with E-state index in [1.165, 1.54) is 12.1 Å². The SMILES string of the molecule is Cl.O=C(NCC(c1ccco1)N1CCOCC1)c1ccccc1F. The Morgan fingerprint density at radius 3 is 2.62 bits per heavy atom. The van der Waals surface area contributed by atoms with Crippen LogP contribution in [0.2, 0.25) is 0 Å². The van der Waals surface area contributed by atoms with Gasteiger partial charge in [-0.15, -0.1) is 12.4 Å². The number of rotatable bonds is 5. The molecular formula is C17H20ClFN2O3. The number of carbonyl (C=O) groups excluding carboxylic acids is 1. The normalized spacial score (nSPS) is 16.2. The van der Waals surface area contributed by atoms with Crippen LogP contribution >= 0.6 is 12.4 Å². The zero-order valence-corrected chi connectivity index (χ0v) is 13.9. The van der Waals surface area contributed by atoms with E-state index in [2.05, 4.69) is 10.2 Å². The van der Waals surface area contributed by atoms with Gasteiger partial charge >= 0.3 is 0 Å². The van der Waals surface area contributed by atoms with Gasteiger partial charge in [-0.25, -0.2) is 4.39 Å². The third-order valence-corrected chi connectivity index (χ3v) is 3.93. The first-order valence-corrected chi connectivity index (χ1v) is 7.63. The monoisotopic (exact) mass is 354 g/mol. The average molecular weight is 355 g/mol. The largest absolute Gasteiger partial charge is 0.468 e. The minimum absolute atomic E-state index is 0. The van der Waals surface area contributed by atoms with Gasteiger partial charge < -0.3 is 14.5 Å². The Labute approximate surface area is 146 Å². The zero-order valence-electron chi connectivity index (χ0n) is 13.1. The molecule has 2 heterocycles. The van der Waals surface area contributed by atoms with Gasteiger partial charge in [-0.3, -0.25) is 9.69 Å². The van der Waals surface area contributed by atoms with Crippen molar-refractivity contribution in [3.8, 4) is 0 Å². The minimum atomic E-state index is -0.522. The van der Waals surface area contributed by atoms with E-state index in [0.717, 1.165) is 18.8 Å². The maximum absolute atomic E-state index is 13.7. The zero-order chi connectivity index (χ0) is 16.1. The molecule has 1 fully saturated rings. The number of ether oxygens (including phenoxy) is 1. The molecule has 1 aliphatic rings. The highest BCUT2D eigenvalue weighted by atomic mass is 35.5. The number of carbonyl (C=O) groups is 1. The van der Waals surface area contributed by atoms with Crippen molar-refractivity contribution in [2.24, 2.45) is 0 Å². The summed E-state index contributed by atoms with van der Waals surface area (Å²) in [4.78, 5) is 14.4. The van der Waals surface area contributed by atoms with Crippen LogP contribution in [0.1, 0.15) is 22.2 Å². The van der Waals surface area contributed by atoms with E-state index in [9.17, 15) is 9.18 Å². The van der Waals surface area contributed by atoms with E-state index in [0.29, 0.717) is 19.8 Å². The second-order valence-corrected chi connectivity index (χ2v) is 5.37. The Morgan fingerprint density at radius 2 is 1.96 bits per heavy atom. The third kappa shape index (κ3) is 4.35. The molecular weight excluding hydrogens is 335 g/mol. The highest BCUT2D eigenvalue weighted by Gasteiger charge is 2.25. The fourth-order valence-corrected chi connectivity index (χ4v) is 2.71. The van der Waals surface area contributed by atoms with Crippen molar-refractivity contribution in [2.75, 3.05) is 32.8 Å². The summed E-state index contributed by atoms with van der Waals surface area (Å²) in [5, 5.41) is 2.80. The smallest absolute Gasteiger partial charge is 0.254 e. The molecule has 5 nitrogen and oxygen atoms in total. The molecule has 1 unspecified atom stereocenters. The molecule has 1 aliphatic heterocycles.